The maximum Gasteiger partial charge on any atom is 0.358 e. The molecular weight excluding hydrogens is 258 g/mol. The van der Waals surface area contributed by atoms with Gasteiger partial charge in [0.2, 0.25) is 0 Å². The summed E-state index contributed by atoms with van der Waals surface area (Å²) in [5.41, 5.74) is 1.84. The molecule has 1 N–H and O–H groups in total. The van der Waals surface area contributed by atoms with Crippen molar-refractivity contribution in [3.8, 4) is 0 Å². The number of carboxylic acids is 1. The monoisotopic (exact) mass is 277 g/mol. The number of rotatable bonds is 6. The van der Waals surface area contributed by atoms with Crippen molar-refractivity contribution in [3.63, 3.8) is 0 Å². The van der Waals surface area contributed by atoms with Gasteiger partial charge in [-0.05, 0) is 24.3 Å². The molecule has 0 spiro atoms. The van der Waals surface area contributed by atoms with Crippen molar-refractivity contribution in [1.82, 2.24) is 24.8 Å². The molecule has 20 heavy (non-hydrogen) atoms. The molecule has 7 nitrogen and oxygen atoms in total. The Morgan fingerprint density at radius 3 is 2.75 bits per heavy atom. The standard InChI is InChI=1S/C13H19N5O2/c1-9(2)6-11-12(13(19)20)15-16-18(11)5-4-10-7-14-17(3)8-10/h7-9H,4-6H2,1-3H3,(H,19,20). The number of carbonyl (C=O) groups is 1. The second-order valence-corrected chi connectivity index (χ2v) is 5.28. The minimum Gasteiger partial charge on any atom is -0.476 e. The van der Waals surface area contributed by atoms with Gasteiger partial charge >= 0.3 is 5.97 Å². The van der Waals surface area contributed by atoms with Crippen LogP contribution in [-0.4, -0.2) is 35.9 Å². The first-order valence-electron chi connectivity index (χ1n) is 6.60. The van der Waals surface area contributed by atoms with E-state index in [1.54, 1.807) is 15.6 Å². The minimum absolute atomic E-state index is 0.0601. The third-order valence-corrected chi connectivity index (χ3v) is 3.01. The largest absolute Gasteiger partial charge is 0.476 e. The van der Waals surface area contributed by atoms with Crippen LogP contribution in [0.4, 0.5) is 0 Å². The van der Waals surface area contributed by atoms with Gasteiger partial charge in [0.15, 0.2) is 5.69 Å². The van der Waals surface area contributed by atoms with Gasteiger partial charge in [-0.15, -0.1) is 5.10 Å². The lowest BCUT2D eigenvalue weighted by atomic mass is 10.1. The lowest BCUT2D eigenvalue weighted by Crippen LogP contribution is -2.12. The van der Waals surface area contributed by atoms with Crippen molar-refractivity contribution in [3.05, 3.63) is 29.3 Å². The summed E-state index contributed by atoms with van der Waals surface area (Å²) in [6.07, 6.45) is 5.15. The van der Waals surface area contributed by atoms with Crippen molar-refractivity contribution in [2.24, 2.45) is 13.0 Å². The molecule has 2 rings (SSSR count). The van der Waals surface area contributed by atoms with Crippen LogP contribution in [0.25, 0.3) is 0 Å². The number of carboxylic acid groups (broad SMARTS) is 1. The van der Waals surface area contributed by atoms with E-state index in [0.717, 1.165) is 12.0 Å². The predicted octanol–water partition coefficient (Wildman–Crippen LogP) is 1.15. The fraction of sp³-hybridized carbons (Fsp3) is 0.538. The third-order valence-electron chi connectivity index (χ3n) is 3.01. The van der Waals surface area contributed by atoms with Crippen molar-refractivity contribution in [2.75, 3.05) is 0 Å². The Bertz CT molecular complexity index is 600. The molecule has 0 aliphatic rings. The number of aromatic carboxylic acids is 1. The molecule has 2 aromatic rings. The van der Waals surface area contributed by atoms with Crippen molar-refractivity contribution in [2.45, 2.75) is 33.2 Å². The van der Waals surface area contributed by atoms with Crippen LogP contribution in [0.1, 0.15) is 35.6 Å². The summed E-state index contributed by atoms with van der Waals surface area (Å²) in [7, 11) is 1.87. The van der Waals surface area contributed by atoms with Gasteiger partial charge in [0.1, 0.15) is 0 Å². The van der Waals surface area contributed by atoms with Gasteiger partial charge in [-0.1, -0.05) is 19.1 Å². The highest BCUT2D eigenvalue weighted by atomic mass is 16.4. The van der Waals surface area contributed by atoms with Gasteiger partial charge in [0.25, 0.3) is 0 Å². The minimum atomic E-state index is -1.02. The molecule has 0 saturated carbocycles. The smallest absolute Gasteiger partial charge is 0.358 e. The van der Waals surface area contributed by atoms with E-state index in [1.807, 2.05) is 27.1 Å². The van der Waals surface area contributed by atoms with E-state index in [2.05, 4.69) is 15.4 Å². The molecule has 0 aliphatic heterocycles. The molecule has 0 unspecified atom stereocenters. The maximum absolute atomic E-state index is 11.2. The van der Waals surface area contributed by atoms with E-state index < -0.39 is 5.97 Å². The Kier molecular flexibility index (Phi) is 4.16. The van der Waals surface area contributed by atoms with E-state index in [1.165, 1.54) is 0 Å². The summed E-state index contributed by atoms with van der Waals surface area (Å²) >= 11 is 0. The van der Waals surface area contributed by atoms with Gasteiger partial charge in [-0.2, -0.15) is 5.10 Å². The van der Waals surface area contributed by atoms with Crippen LogP contribution in [0.2, 0.25) is 0 Å². The summed E-state index contributed by atoms with van der Waals surface area (Å²) in [4.78, 5) is 11.2. The van der Waals surface area contributed by atoms with E-state index in [9.17, 15) is 4.79 Å². The van der Waals surface area contributed by atoms with Crippen LogP contribution in [-0.2, 0) is 26.4 Å². The van der Waals surface area contributed by atoms with Gasteiger partial charge in [-0.25, -0.2) is 9.48 Å². The quantitative estimate of drug-likeness (QED) is 0.856. The average Bonchev–Trinajstić information content (AvgIpc) is 2.93. The number of aryl methyl sites for hydroxylation is 3. The fourth-order valence-electron chi connectivity index (χ4n) is 2.10. The normalized spacial score (nSPS) is 11.2. The molecular formula is C13H19N5O2. The van der Waals surface area contributed by atoms with Crippen molar-refractivity contribution in [1.29, 1.82) is 0 Å². The molecule has 0 fully saturated rings. The molecule has 0 bridgehead atoms. The highest BCUT2D eigenvalue weighted by Gasteiger charge is 2.19. The molecule has 0 amide bonds. The summed E-state index contributed by atoms with van der Waals surface area (Å²) in [6, 6.07) is 0. The number of aromatic nitrogens is 5. The summed E-state index contributed by atoms with van der Waals surface area (Å²) in [6.45, 7) is 4.70. The lowest BCUT2D eigenvalue weighted by molar-refractivity contribution is 0.0689. The zero-order valence-electron chi connectivity index (χ0n) is 11.9. The maximum atomic E-state index is 11.2. The first kappa shape index (κ1) is 14.2. The fourth-order valence-corrected chi connectivity index (χ4v) is 2.10. The van der Waals surface area contributed by atoms with Gasteiger partial charge < -0.3 is 5.11 Å². The first-order valence-corrected chi connectivity index (χ1v) is 6.60. The summed E-state index contributed by atoms with van der Waals surface area (Å²) in [5.74, 6) is -0.669. The van der Waals surface area contributed by atoms with Crippen LogP contribution in [0.5, 0.6) is 0 Å². The summed E-state index contributed by atoms with van der Waals surface area (Å²) < 4.78 is 3.44. The molecule has 0 saturated heterocycles. The Morgan fingerprint density at radius 2 is 2.20 bits per heavy atom. The molecule has 2 aromatic heterocycles. The highest BCUT2D eigenvalue weighted by molar-refractivity contribution is 5.86. The van der Waals surface area contributed by atoms with E-state index >= 15 is 0 Å². The molecule has 0 aromatic carbocycles. The Hall–Kier alpha value is -2.18. The molecule has 2 heterocycles. The molecule has 108 valence electrons. The lowest BCUT2D eigenvalue weighted by Gasteiger charge is -2.08. The van der Waals surface area contributed by atoms with Crippen LogP contribution in [0.15, 0.2) is 12.4 Å². The third kappa shape index (κ3) is 3.23. The van der Waals surface area contributed by atoms with Crippen LogP contribution in [0.3, 0.4) is 0 Å². The molecule has 0 aliphatic carbocycles. The Labute approximate surface area is 117 Å². The zero-order valence-corrected chi connectivity index (χ0v) is 11.9. The van der Waals surface area contributed by atoms with E-state index in [0.29, 0.717) is 24.6 Å². The topological polar surface area (TPSA) is 85.8 Å². The van der Waals surface area contributed by atoms with Gasteiger partial charge in [-0.3, -0.25) is 4.68 Å². The SMILES string of the molecule is CC(C)Cc1c(C(=O)O)nnn1CCc1cnn(C)c1. The van der Waals surface area contributed by atoms with Crippen LogP contribution >= 0.6 is 0 Å². The summed E-state index contributed by atoms with van der Waals surface area (Å²) in [5, 5.41) is 21.0. The van der Waals surface area contributed by atoms with Crippen LogP contribution < -0.4 is 0 Å². The average molecular weight is 277 g/mol. The number of hydrogen-bond acceptors (Lipinski definition) is 4. The second-order valence-electron chi connectivity index (χ2n) is 5.28. The van der Waals surface area contributed by atoms with E-state index in [4.69, 9.17) is 5.11 Å². The molecule has 7 heteroatoms. The second kappa shape index (κ2) is 5.85. The Morgan fingerprint density at radius 1 is 1.45 bits per heavy atom. The highest BCUT2D eigenvalue weighted by Crippen LogP contribution is 2.13. The van der Waals surface area contributed by atoms with Crippen molar-refractivity contribution >= 4 is 5.97 Å². The zero-order chi connectivity index (χ0) is 14.7. The first-order chi connectivity index (χ1) is 9.47. The predicted molar refractivity (Wildman–Crippen MR) is 72.4 cm³/mol. The number of hydrogen-bond donors (Lipinski definition) is 1. The van der Waals surface area contributed by atoms with Crippen molar-refractivity contribution < 1.29 is 9.90 Å². The molecule has 0 atom stereocenters. The molecule has 0 radical (unpaired) electrons. The van der Waals surface area contributed by atoms with Gasteiger partial charge in [0.05, 0.1) is 11.9 Å². The Balaban J connectivity index is 2.16. The van der Waals surface area contributed by atoms with E-state index in [-0.39, 0.29) is 5.69 Å². The van der Waals surface area contributed by atoms with Crippen LogP contribution in [0, 0.1) is 5.92 Å². The number of nitrogens with zero attached hydrogens (tertiary/aromatic N) is 5. The van der Waals surface area contributed by atoms with Gasteiger partial charge in [0, 0.05) is 19.8 Å².